The zero-order valence-electron chi connectivity index (χ0n) is 10.3. The highest BCUT2D eigenvalue weighted by Crippen LogP contribution is 2.21. The molecule has 0 aliphatic heterocycles. The molecule has 100 valence electrons. The number of aromatic nitrogens is 3. The largest absolute Gasteiger partial charge is 0.478 e. The molecule has 1 aromatic heterocycles. The molecular formula is C14H10BrN3O2. The standard InChI is InChI=1S/C14H10BrN3O2/c15-11-7-9(14(19)20)5-6-10(11)8-18-13-4-2-1-3-12(13)16-17-18/h1-7H,8H2,(H,19,20). The average molecular weight is 332 g/mol. The monoisotopic (exact) mass is 331 g/mol. The van der Waals surface area contributed by atoms with Crippen molar-refractivity contribution in [3.8, 4) is 0 Å². The summed E-state index contributed by atoms with van der Waals surface area (Å²) in [7, 11) is 0. The van der Waals surface area contributed by atoms with Crippen LogP contribution in [0.15, 0.2) is 46.9 Å². The van der Waals surface area contributed by atoms with Gasteiger partial charge in [-0.3, -0.25) is 0 Å². The molecule has 2 aromatic carbocycles. The summed E-state index contributed by atoms with van der Waals surface area (Å²) in [5.74, 6) is -0.941. The molecule has 3 aromatic rings. The molecular weight excluding hydrogens is 322 g/mol. The lowest BCUT2D eigenvalue weighted by molar-refractivity contribution is 0.0697. The van der Waals surface area contributed by atoms with E-state index in [0.29, 0.717) is 6.54 Å². The highest BCUT2D eigenvalue weighted by atomic mass is 79.9. The Morgan fingerprint density at radius 1 is 1.25 bits per heavy atom. The number of para-hydroxylation sites is 1. The van der Waals surface area contributed by atoms with E-state index in [1.807, 2.05) is 24.3 Å². The summed E-state index contributed by atoms with van der Waals surface area (Å²) in [5, 5.41) is 17.2. The number of rotatable bonds is 3. The maximum absolute atomic E-state index is 10.9. The lowest BCUT2D eigenvalue weighted by Crippen LogP contribution is -2.04. The Morgan fingerprint density at radius 2 is 2.05 bits per heavy atom. The third kappa shape index (κ3) is 2.30. The first-order chi connectivity index (χ1) is 9.65. The SMILES string of the molecule is O=C(O)c1ccc(Cn2nnc3ccccc32)c(Br)c1. The number of carboxylic acids is 1. The molecule has 0 fully saturated rings. The Balaban J connectivity index is 1.97. The van der Waals surface area contributed by atoms with E-state index < -0.39 is 5.97 Å². The van der Waals surface area contributed by atoms with E-state index in [4.69, 9.17) is 5.11 Å². The van der Waals surface area contributed by atoms with Gasteiger partial charge in [-0.15, -0.1) is 5.10 Å². The van der Waals surface area contributed by atoms with Gasteiger partial charge in [0.2, 0.25) is 0 Å². The van der Waals surface area contributed by atoms with E-state index in [2.05, 4.69) is 26.2 Å². The van der Waals surface area contributed by atoms with Crippen LogP contribution in [0, 0.1) is 0 Å². The van der Waals surface area contributed by atoms with Gasteiger partial charge in [-0.2, -0.15) is 0 Å². The first-order valence-corrected chi connectivity index (χ1v) is 6.74. The van der Waals surface area contributed by atoms with E-state index in [1.54, 1.807) is 22.9 Å². The van der Waals surface area contributed by atoms with Crippen LogP contribution in [0.3, 0.4) is 0 Å². The molecule has 0 amide bonds. The third-order valence-corrected chi connectivity index (χ3v) is 3.78. The van der Waals surface area contributed by atoms with Crippen LogP contribution in [0.25, 0.3) is 11.0 Å². The minimum absolute atomic E-state index is 0.254. The van der Waals surface area contributed by atoms with Gasteiger partial charge in [0.25, 0.3) is 0 Å². The number of aromatic carboxylic acids is 1. The second-order valence-electron chi connectivity index (χ2n) is 4.35. The van der Waals surface area contributed by atoms with Gasteiger partial charge in [-0.05, 0) is 29.8 Å². The summed E-state index contributed by atoms with van der Waals surface area (Å²) in [6, 6.07) is 12.7. The van der Waals surface area contributed by atoms with Crippen molar-refractivity contribution in [2.45, 2.75) is 6.54 Å². The fourth-order valence-electron chi connectivity index (χ4n) is 2.00. The van der Waals surface area contributed by atoms with E-state index >= 15 is 0 Å². The summed E-state index contributed by atoms with van der Waals surface area (Å²) in [6.45, 7) is 0.529. The van der Waals surface area contributed by atoms with Crippen LogP contribution >= 0.6 is 15.9 Å². The van der Waals surface area contributed by atoms with Crippen LogP contribution in [0.4, 0.5) is 0 Å². The summed E-state index contributed by atoms with van der Waals surface area (Å²) < 4.78 is 2.53. The molecule has 20 heavy (non-hydrogen) atoms. The normalized spacial score (nSPS) is 10.8. The number of hydrogen-bond donors (Lipinski definition) is 1. The van der Waals surface area contributed by atoms with Crippen molar-refractivity contribution >= 4 is 32.9 Å². The average Bonchev–Trinajstić information content (AvgIpc) is 2.84. The Hall–Kier alpha value is -2.21. The molecule has 5 nitrogen and oxygen atoms in total. The summed E-state index contributed by atoms with van der Waals surface area (Å²) in [4.78, 5) is 10.9. The quantitative estimate of drug-likeness (QED) is 0.801. The number of carboxylic acid groups (broad SMARTS) is 1. The maximum Gasteiger partial charge on any atom is 0.335 e. The van der Waals surface area contributed by atoms with Crippen molar-refractivity contribution in [2.24, 2.45) is 0 Å². The van der Waals surface area contributed by atoms with Crippen molar-refractivity contribution in [2.75, 3.05) is 0 Å². The van der Waals surface area contributed by atoms with Crippen molar-refractivity contribution in [3.05, 3.63) is 58.1 Å². The Bertz CT molecular complexity index is 798. The van der Waals surface area contributed by atoms with E-state index in [1.165, 1.54) is 0 Å². The number of benzene rings is 2. The lowest BCUT2D eigenvalue weighted by Gasteiger charge is -2.06. The summed E-state index contributed by atoms with van der Waals surface area (Å²) in [5.41, 5.74) is 2.99. The number of fused-ring (bicyclic) bond motifs is 1. The minimum Gasteiger partial charge on any atom is -0.478 e. The second kappa shape index (κ2) is 5.05. The lowest BCUT2D eigenvalue weighted by atomic mass is 10.1. The molecule has 0 aliphatic rings. The van der Waals surface area contributed by atoms with Crippen LogP contribution in [0.2, 0.25) is 0 Å². The van der Waals surface area contributed by atoms with Gasteiger partial charge in [0.15, 0.2) is 0 Å². The van der Waals surface area contributed by atoms with Crippen LogP contribution < -0.4 is 0 Å². The van der Waals surface area contributed by atoms with Crippen LogP contribution in [-0.2, 0) is 6.54 Å². The molecule has 3 rings (SSSR count). The van der Waals surface area contributed by atoms with Gasteiger partial charge in [0, 0.05) is 4.47 Å². The van der Waals surface area contributed by atoms with E-state index in [0.717, 1.165) is 21.1 Å². The smallest absolute Gasteiger partial charge is 0.335 e. The number of halogens is 1. The molecule has 1 heterocycles. The molecule has 0 atom stereocenters. The number of nitrogens with zero attached hydrogens (tertiary/aromatic N) is 3. The maximum atomic E-state index is 10.9. The molecule has 0 aliphatic carbocycles. The molecule has 1 N–H and O–H groups in total. The van der Waals surface area contributed by atoms with E-state index in [9.17, 15) is 4.79 Å². The van der Waals surface area contributed by atoms with E-state index in [-0.39, 0.29) is 5.56 Å². The van der Waals surface area contributed by atoms with Gasteiger partial charge >= 0.3 is 5.97 Å². The molecule has 0 saturated carbocycles. The van der Waals surface area contributed by atoms with Gasteiger partial charge in [0.1, 0.15) is 5.52 Å². The van der Waals surface area contributed by atoms with Crippen LogP contribution in [0.1, 0.15) is 15.9 Å². The van der Waals surface area contributed by atoms with Gasteiger partial charge in [-0.25, -0.2) is 9.48 Å². The zero-order chi connectivity index (χ0) is 14.1. The number of hydrogen-bond acceptors (Lipinski definition) is 3. The third-order valence-electron chi connectivity index (χ3n) is 3.04. The van der Waals surface area contributed by atoms with Gasteiger partial charge in [0.05, 0.1) is 17.6 Å². The number of carbonyl (C=O) groups is 1. The van der Waals surface area contributed by atoms with Crippen molar-refractivity contribution in [1.82, 2.24) is 15.0 Å². The molecule has 0 saturated heterocycles. The van der Waals surface area contributed by atoms with Crippen LogP contribution in [-0.4, -0.2) is 26.1 Å². The fraction of sp³-hybridized carbons (Fsp3) is 0.0714. The van der Waals surface area contributed by atoms with Crippen molar-refractivity contribution in [1.29, 1.82) is 0 Å². The van der Waals surface area contributed by atoms with Gasteiger partial charge in [-0.1, -0.05) is 39.3 Å². The predicted molar refractivity (Wildman–Crippen MR) is 77.7 cm³/mol. The Labute approximate surface area is 123 Å². The summed E-state index contributed by atoms with van der Waals surface area (Å²) in [6.07, 6.45) is 0. The highest BCUT2D eigenvalue weighted by Gasteiger charge is 2.09. The highest BCUT2D eigenvalue weighted by molar-refractivity contribution is 9.10. The summed E-state index contributed by atoms with van der Waals surface area (Å²) >= 11 is 3.40. The first kappa shape index (κ1) is 12.8. The molecule has 0 radical (unpaired) electrons. The van der Waals surface area contributed by atoms with Gasteiger partial charge < -0.3 is 5.11 Å². The van der Waals surface area contributed by atoms with Crippen LogP contribution in [0.5, 0.6) is 0 Å². The minimum atomic E-state index is -0.941. The molecule has 0 bridgehead atoms. The Morgan fingerprint density at radius 3 is 2.80 bits per heavy atom. The topological polar surface area (TPSA) is 68.0 Å². The molecule has 6 heteroatoms. The molecule has 0 unspecified atom stereocenters. The zero-order valence-corrected chi connectivity index (χ0v) is 11.9. The predicted octanol–water partition coefficient (Wildman–Crippen LogP) is 2.94. The van der Waals surface area contributed by atoms with Crippen molar-refractivity contribution in [3.63, 3.8) is 0 Å². The Kier molecular flexibility index (Phi) is 3.23. The first-order valence-electron chi connectivity index (χ1n) is 5.95. The van der Waals surface area contributed by atoms with Crippen molar-refractivity contribution < 1.29 is 9.90 Å². The fourth-order valence-corrected chi connectivity index (χ4v) is 2.51. The second-order valence-corrected chi connectivity index (χ2v) is 5.20. The molecule has 0 spiro atoms.